The summed E-state index contributed by atoms with van der Waals surface area (Å²) in [5, 5.41) is 10.7. The number of rotatable bonds is 5. The number of sulfonamides is 1. The van der Waals surface area contributed by atoms with Gasteiger partial charge < -0.3 is 0 Å². The predicted molar refractivity (Wildman–Crippen MR) is 77.7 cm³/mol. The van der Waals surface area contributed by atoms with Gasteiger partial charge in [0.2, 0.25) is 10.0 Å². The van der Waals surface area contributed by atoms with Crippen molar-refractivity contribution in [3.05, 3.63) is 20.5 Å². The van der Waals surface area contributed by atoms with Gasteiger partial charge in [-0.05, 0) is 18.8 Å². The van der Waals surface area contributed by atoms with Crippen molar-refractivity contribution in [2.75, 3.05) is 6.54 Å². The summed E-state index contributed by atoms with van der Waals surface area (Å²) in [6.45, 7) is 0.381. The Labute approximate surface area is 126 Å². The molecule has 1 fully saturated rings. The number of hydrogen-bond donors (Lipinski definition) is 1. The summed E-state index contributed by atoms with van der Waals surface area (Å²) in [4.78, 5) is 10.00. The molecule has 0 unspecified atom stereocenters. The minimum Gasteiger partial charge on any atom is -0.258 e. The van der Waals surface area contributed by atoms with Crippen LogP contribution in [0.1, 0.15) is 32.1 Å². The second-order valence-corrected chi connectivity index (χ2v) is 8.49. The summed E-state index contributed by atoms with van der Waals surface area (Å²) in [5.74, 6) is 0.351. The zero-order valence-corrected chi connectivity index (χ0v) is 13.1. The quantitative estimate of drug-likeness (QED) is 0.659. The number of nitro groups is 1. The summed E-state index contributed by atoms with van der Waals surface area (Å²) < 4.78 is 26.5. The lowest BCUT2D eigenvalue weighted by atomic mass is 9.90. The van der Waals surface area contributed by atoms with E-state index < -0.39 is 14.9 Å². The molecule has 0 saturated heterocycles. The van der Waals surface area contributed by atoms with Gasteiger partial charge in [-0.15, -0.1) is 11.3 Å². The Kier molecular flexibility index (Phi) is 5.00. The molecule has 0 aromatic carbocycles. The number of thiophene rings is 1. The normalized spacial score (nSPS) is 17.2. The van der Waals surface area contributed by atoms with E-state index in [0.29, 0.717) is 23.8 Å². The summed E-state index contributed by atoms with van der Waals surface area (Å²) >= 11 is 6.39. The van der Waals surface area contributed by atoms with Crippen LogP contribution in [0, 0.1) is 16.0 Å². The first-order chi connectivity index (χ1) is 9.40. The molecule has 1 N–H and O–H groups in total. The maximum absolute atomic E-state index is 12.1. The van der Waals surface area contributed by atoms with Gasteiger partial charge in [-0.3, -0.25) is 10.1 Å². The van der Waals surface area contributed by atoms with Gasteiger partial charge in [-0.1, -0.05) is 30.9 Å². The molecule has 1 aliphatic rings. The Morgan fingerprint density at radius 3 is 2.60 bits per heavy atom. The Bertz CT molecular complexity index is 594. The topological polar surface area (TPSA) is 89.3 Å². The van der Waals surface area contributed by atoms with E-state index in [2.05, 4.69) is 4.72 Å². The Hall–Kier alpha value is -0.700. The lowest BCUT2D eigenvalue weighted by Crippen LogP contribution is -2.29. The largest absolute Gasteiger partial charge is 0.300 e. The lowest BCUT2D eigenvalue weighted by Gasteiger charge is -2.21. The number of halogens is 1. The van der Waals surface area contributed by atoms with Crippen LogP contribution in [0.4, 0.5) is 5.69 Å². The molecule has 0 bridgehead atoms. The maximum Gasteiger partial charge on any atom is 0.300 e. The van der Waals surface area contributed by atoms with Crippen LogP contribution in [0.25, 0.3) is 0 Å². The molecule has 0 atom stereocenters. The van der Waals surface area contributed by atoms with Crippen LogP contribution in [0.2, 0.25) is 4.34 Å². The summed E-state index contributed by atoms with van der Waals surface area (Å²) in [7, 11) is -3.72. The smallest absolute Gasteiger partial charge is 0.258 e. The maximum atomic E-state index is 12.1. The van der Waals surface area contributed by atoms with Gasteiger partial charge in [-0.25, -0.2) is 13.1 Å². The second kappa shape index (κ2) is 6.38. The molecular weight excluding hydrogens is 324 g/mol. The van der Waals surface area contributed by atoms with E-state index in [4.69, 9.17) is 11.6 Å². The summed E-state index contributed by atoms with van der Waals surface area (Å²) in [5.41, 5.74) is -0.366. The van der Waals surface area contributed by atoms with Crippen molar-refractivity contribution < 1.29 is 13.3 Å². The number of hydrogen-bond acceptors (Lipinski definition) is 5. The molecule has 1 saturated carbocycles. The highest BCUT2D eigenvalue weighted by molar-refractivity contribution is 7.91. The van der Waals surface area contributed by atoms with E-state index in [1.54, 1.807) is 0 Å². The molecule has 0 radical (unpaired) electrons. The van der Waals surface area contributed by atoms with Crippen molar-refractivity contribution in [1.29, 1.82) is 0 Å². The molecule has 20 heavy (non-hydrogen) atoms. The summed E-state index contributed by atoms with van der Waals surface area (Å²) in [6.07, 6.45) is 5.50. The van der Waals surface area contributed by atoms with Gasteiger partial charge in [0, 0.05) is 12.6 Å². The van der Waals surface area contributed by atoms with E-state index in [0.717, 1.165) is 31.7 Å². The highest BCUT2D eigenvalue weighted by Crippen LogP contribution is 2.36. The molecule has 1 heterocycles. The molecule has 1 aromatic heterocycles. The van der Waals surface area contributed by atoms with Gasteiger partial charge in [0.25, 0.3) is 5.69 Å². The van der Waals surface area contributed by atoms with Crippen LogP contribution in [0.15, 0.2) is 10.3 Å². The van der Waals surface area contributed by atoms with Crippen LogP contribution in [0.3, 0.4) is 0 Å². The molecule has 2 rings (SSSR count). The standard InChI is InChI=1S/C11H15ClN2O4S2/c12-11-9(14(15)16)6-10(19-11)20(17,18)13-7-8-4-2-1-3-5-8/h6,8,13H,1-5,7H2. The minimum absolute atomic E-state index is 0.106. The average molecular weight is 339 g/mol. The number of nitrogens with one attached hydrogen (secondary N) is 1. The molecule has 1 aromatic rings. The van der Waals surface area contributed by atoms with E-state index in [1.807, 2.05) is 0 Å². The molecule has 0 amide bonds. The van der Waals surface area contributed by atoms with Crippen molar-refractivity contribution >= 4 is 38.6 Å². The SMILES string of the molecule is O=[N+]([O-])c1cc(S(=O)(=O)NCC2CCCCC2)sc1Cl. The van der Waals surface area contributed by atoms with E-state index in [9.17, 15) is 18.5 Å². The van der Waals surface area contributed by atoms with E-state index >= 15 is 0 Å². The third-order valence-corrected chi connectivity index (χ3v) is 6.63. The van der Waals surface area contributed by atoms with Crippen LogP contribution in [0.5, 0.6) is 0 Å². The van der Waals surface area contributed by atoms with Crippen molar-refractivity contribution in [2.45, 2.75) is 36.3 Å². The van der Waals surface area contributed by atoms with Crippen molar-refractivity contribution in [3.63, 3.8) is 0 Å². The van der Waals surface area contributed by atoms with Gasteiger partial charge in [0.05, 0.1) is 4.92 Å². The van der Waals surface area contributed by atoms with Crippen LogP contribution >= 0.6 is 22.9 Å². The molecule has 9 heteroatoms. The first kappa shape index (κ1) is 15.7. The minimum atomic E-state index is -3.72. The molecular formula is C11H15ClN2O4S2. The second-order valence-electron chi connectivity index (χ2n) is 4.84. The van der Waals surface area contributed by atoms with Gasteiger partial charge >= 0.3 is 0 Å². The lowest BCUT2D eigenvalue weighted by molar-refractivity contribution is -0.384. The third kappa shape index (κ3) is 3.69. The van der Waals surface area contributed by atoms with Crippen molar-refractivity contribution in [2.24, 2.45) is 5.92 Å². The van der Waals surface area contributed by atoms with Crippen LogP contribution < -0.4 is 4.72 Å². The monoisotopic (exact) mass is 338 g/mol. The molecule has 1 aliphatic carbocycles. The highest BCUT2D eigenvalue weighted by atomic mass is 35.5. The van der Waals surface area contributed by atoms with Crippen LogP contribution in [-0.4, -0.2) is 19.9 Å². The number of nitrogens with zero attached hydrogens (tertiary/aromatic N) is 1. The van der Waals surface area contributed by atoms with E-state index in [-0.39, 0.29) is 14.2 Å². The Balaban J connectivity index is 2.06. The van der Waals surface area contributed by atoms with Gasteiger partial charge in [0.15, 0.2) is 4.34 Å². The molecule has 0 spiro atoms. The van der Waals surface area contributed by atoms with Crippen molar-refractivity contribution in [3.8, 4) is 0 Å². The Morgan fingerprint density at radius 2 is 2.05 bits per heavy atom. The van der Waals surface area contributed by atoms with E-state index in [1.165, 1.54) is 6.42 Å². The Morgan fingerprint density at radius 1 is 1.40 bits per heavy atom. The zero-order chi connectivity index (χ0) is 14.8. The highest BCUT2D eigenvalue weighted by Gasteiger charge is 2.26. The first-order valence-electron chi connectivity index (χ1n) is 6.33. The predicted octanol–water partition coefficient (Wildman–Crippen LogP) is 3.17. The summed E-state index contributed by atoms with van der Waals surface area (Å²) in [6, 6.07) is 1.01. The fraction of sp³-hybridized carbons (Fsp3) is 0.636. The fourth-order valence-corrected chi connectivity index (χ4v) is 5.11. The third-order valence-electron chi connectivity index (χ3n) is 3.39. The first-order valence-corrected chi connectivity index (χ1v) is 9.01. The van der Waals surface area contributed by atoms with Crippen molar-refractivity contribution in [1.82, 2.24) is 4.72 Å². The van der Waals surface area contributed by atoms with Gasteiger partial charge in [0.1, 0.15) is 4.21 Å². The van der Waals surface area contributed by atoms with Crippen LogP contribution in [-0.2, 0) is 10.0 Å². The molecule has 0 aliphatic heterocycles. The molecule has 6 nitrogen and oxygen atoms in total. The molecule has 112 valence electrons. The fourth-order valence-electron chi connectivity index (χ4n) is 2.29. The average Bonchev–Trinajstić information content (AvgIpc) is 2.81. The zero-order valence-electron chi connectivity index (χ0n) is 10.7. The van der Waals surface area contributed by atoms with Gasteiger partial charge in [-0.2, -0.15) is 0 Å².